The summed E-state index contributed by atoms with van der Waals surface area (Å²) in [5, 5.41) is 24.2. The molecule has 1 rings (SSSR count). The smallest absolute Gasteiger partial charge is 0.408 e. The van der Waals surface area contributed by atoms with Crippen LogP contribution in [0.25, 0.3) is 0 Å². The molecular formula is C23H38N2O4. The number of rotatable bonds is 11. The molecule has 0 fully saturated rings. The Morgan fingerprint density at radius 1 is 1.21 bits per heavy atom. The van der Waals surface area contributed by atoms with E-state index in [1.165, 1.54) is 4.90 Å². The maximum absolute atomic E-state index is 12.1. The number of nitrogens with one attached hydrogen (secondary N) is 1. The van der Waals surface area contributed by atoms with E-state index in [2.05, 4.69) is 11.9 Å². The third-order valence-corrected chi connectivity index (χ3v) is 4.59. The number of benzene rings is 1. The van der Waals surface area contributed by atoms with E-state index in [-0.39, 0.29) is 12.1 Å². The third kappa shape index (κ3) is 8.98. The van der Waals surface area contributed by atoms with E-state index < -0.39 is 23.8 Å². The molecule has 0 saturated heterocycles. The molecule has 6 heteroatoms. The first-order valence-corrected chi connectivity index (χ1v) is 10.0. The largest absolute Gasteiger partial charge is 0.465 e. The van der Waals surface area contributed by atoms with E-state index in [1.807, 2.05) is 71.9 Å². The molecule has 0 heterocycles. The Morgan fingerprint density at radius 3 is 2.28 bits per heavy atom. The van der Waals surface area contributed by atoms with Crippen molar-refractivity contribution in [2.75, 3.05) is 19.8 Å². The Hall–Kier alpha value is -1.89. The highest BCUT2D eigenvalue weighted by molar-refractivity contribution is 5.66. The molecule has 1 aromatic rings. The fraction of sp³-hybridized carbons (Fsp3) is 0.609. The van der Waals surface area contributed by atoms with E-state index in [1.54, 1.807) is 0 Å². The SMILES string of the molecule is C=C(C)COCC(C)(C)NC[C@H](O)[C@H](Cc1ccccc1)N(C(=O)O)C(C)(C)C. The van der Waals surface area contributed by atoms with Crippen molar-refractivity contribution in [1.29, 1.82) is 0 Å². The molecule has 0 aliphatic rings. The number of hydrogen-bond donors (Lipinski definition) is 3. The highest BCUT2D eigenvalue weighted by Crippen LogP contribution is 2.23. The standard InChI is InChI=1S/C23H38N2O4/c1-17(2)15-29-16-23(6,7)24-14-20(26)19(13-18-11-9-8-10-12-18)25(21(27)28)22(3,4)5/h8-12,19-20,24,26H,1,13-16H2,2-7H3,(H,27,28)/t19-,20-/m0/s1. The number of hydrogen-bond acceptors (Lipinski definition) is 4. The van der Waals surface area contributed by atoms with Crippen molar-refractivity contribution < 1.29 is 19.7 Å². The topological polar surface area (TPSA) is 82.0 Å². The van der Waals surface area contributed by atoms with Crippen molar-refractivity contribution in [1.82, 2.24) is 10.2 Å². The molecular weight excluding hydrogens is 368 g/mol. The maximum atomic E-state index is 12.1. The van der Waals surface area contributed by atoms with Gasteiger partial charge in [-0.1, -0.05) is 42.5 Å². The number of carbonyl (C=O) groups is 1. The predicted octanol–water partition coefficient (Wildman–Crippen LogP) is 3.70. The number of carboxylic acid groups (broad SMARTS) is 1. The number of ether oxygens (including phenoxy) is 1. The van der Waals surface area contributed by atoms with Crippen molar-refractivity contribution in [2.45, 2.75) is 71.2 Å². The van der Waals surface area contributed by atoms with Gasteiger partial charge in [0.1, 0.15) is 0 Å². The van der Waals surface area contributed by atoms with Gasteiger partial charge in [-0.2, -0.15) is 0 Å². The lowest BCUT2D eigenvalue weighted by atomic mass is 9.94. The Morgan fingerprint density at radius 2 is 1.79 bits per heavy atom. The second-order valence-electron chi connectivity index (χ2n) is 9.36. The van der Waals surface area contributed by atoms with Crippen molar-refractivity contribution in [3.05, 3.63) is 48.0 Å². The monoisotopic (exact) mass is 406 g/mol. The molecule has 164 valence electrons. The molecule has 0 bridgehead atoms. The summed E-state index contributed by atoms with van der Waals surface area (Å²) in [6.45, 7) is 16.4. The van der Waals surface area contributed by atoms with Gasteiger partial charge < -0.3 is 20.3 Å². The quantitative estimate of drug-likeness (QED) is 0.488. The summed E-state index contributed by atoms with van der Waals surface area (Å²) in [6.07, 6.45) is -1.49. The minimum atomic E-state index is -1.04. The second kappa shape index (κ2) is 10.8. The van der Waals surface area contributed by atoms with E-state index >= 15 is 0 Å². The Bertz CT molecular complexity index is 653. The molecule has 1 aromatic carbocycles. The fourth-order valence-electron chi connectivity index (χ4n) is 3.23. The first-order chi connectivity index (χ1) is 13.3. The molecule has 3 N–H and O–H groups in total. The van der Waals surface area contributed by atoms with Gasteiger partial charge in [0.05, 0.1) is 25.4 Å². The van der Waals surface area contributed by atoms with Gasteiger partial charge in [-0.15, -0.1) is 0 Å². The highest BCUT2D eigenvalue weighted by atomic mass is 16.5. The Balaban J connectivity index is 2.93. The average molecular weight is 407 g/mol. The summed E-state index contributed by atoms with van der Waals surface area (Å²) in [4.78, 5) is 13.4. The second-order valence-corrected chi connectivity index (χ2v) is 9.36. The van der Waals surface area contributed by atoms with Crippen LogP contribution in [0.5, 0.6) is 0 Å². The number of nitrogens with zero attached hydrogens (tertiary/aromatic N) is 1. The molecule has 0 aliphatic heterocycles. The van der Waals surface area contributed by atoms with Crippen LogP contribution in [0.1, 0.15) is 47.1 Å². The summed E-state index contributed by atoms with van der Waals surface area (Å²) < 4.78 is 5.64. The zero-order chi connectivity index (χ0) is 22.2. The van der Waals surface area contributed by atoms with E-state index in [0.717, 1.165) is 11.1 Å². The molecule has 0 aliphatic carbocycles. The maximum Gasteiger partial charge on any atom is 0.408 e. The lowest BCUT2D eigenvalue weighted by Gasteiger charge is -2.42. The van der Waals surface area contributed by atoms with Crippen LogP contribution in [-0.2, 0) is 11.2 Å². The van der Waals surface area contributed by atoms with Crippen molar-refractivity contribution in [3.8, 4) is 0 Å². The summed E-state index contributed by atoms with van der Waals surface area (Å²) >= 11 is 0. The van der Waals surface area contributed by atoms with Crippen LogP contribution in [0, 0.1) is 0 Å². The summed E-state index contributed by atoms with van der Waals surface area (Å²) in [5.41, 5.74) is 0.915. The van der Waals surface area contributed by atoms with Gasteiger partial charge in [-0.3, -0.25) is 4.90 Å². The average Bonchev–Trinajstić information content (AvgIpc) is 2.58. The Kier molecular flexibility index (Phi) is 9.33. The van der Waals surface area contributed by atoms with Crippen LogP contribution < -0.4 is 5.32 Å². The van der Waals surface area contributed by atoms with Gasteiger partial charge in [0, 0.05) is 17.6 Å². The van der Waals surface area contributed by atoms with Crippen LogP contribution in [0.15, 0.2) is 42.5 Å². The first-order valence-electron chi connectivity index (χ1n) is 10.0. The minimum Gasteiger partial charge on any atom is -0.465 e. The first kappa shape index (κ1) is 25.1. The van der Waals surface area contributed by atoms with Crippen LogP contribution in [0.3, 0.4) is 0 Å². The van der Waals surface area contributed by atoms with Crippen LogP contribution in [0.4, 0.5) is 4.79 Å². The predicted molar refractivity (Wildman–Crippen MR) is 117 cm³/mol. The number of aliphatic hydroxyl groups excluding tert-OH is 1. The minimum absolute atomic E-state index is 0.251. The van der Waals surface area contributed by atoms with E-state index in [9.17, 15) is 15.0 Å². The fourth-order valence-corrected chi connectivity index (χ4v) is 3.23. The van der Waals surface area contributed by atoms with Crippen LogP contribution >= 0.6 is 0 Å². The molecule has 1 amide bonds. The van der Waals surface area contributed by atoms with Gasteiger partial charge in [0.15, 0.2) is 0 Å². The van der Waals surface area contributed by atoms with Gasteiger partial charge in [0.25, 0.3) is 0 Å². The lowest BCUT2D eigenvalue weighted by Crippen LogP contribution is -2.59. The van der Waals surface area contributed by atoms with Crippen molar-refractivity contribution >= 4 is 6.09 Å². The number of aliphatic hydroxyl groups is 1. The molecule has 6 nitrogen and oxygen atoms in total. The molecule has 0 unspecified atom stereocenters. The molecule has 0 spiro atoms. The zero-order valence-electron chi connectivity index (χ0n) is 18.7. The van der Waals surface area contributed by atoms with Gasteiger partial charge in [-0.25, -0.2) is 4.79 Å². The van der Waals surface area contributed by atoms with E-state index in [0.29, 0.717) is 19.6 Å². The molecule has 0 saturated carbocycles. The van der Waals surface area contributed by atoms with E-state index in [4.69, 9.17) is 4.74 Å². The summed E-state index contributed by atoms with van der Waals surface area (Å²) in [7, 11) is 0. The molecule has 29 heavy (non-hydrogen) atoms. The van der Waals surface area contributed by atoms with Gasteiger partial charge >= 0.3 is 6.09 Å². The van der Waals surface area contributed by atoms with Crippen molar-refractivity contribution in [2.24, 2.45) is 0 Å². The highest BCUT2D eigenvalue weighted by Gasteiger charge is 2.37. The Labute approximate surface area is 175 Å². The normalized spacial score (nSPS) is 14.3. The molecule has 0 aromatic heterocycles. The molecule has 2 atom stereocenters. The third-order valence-electron chi connectivity index (χ3n) is 4.59. The lowest BCUT2D eigenvalue weighted by molar-refractivity contribution is 0.00255. The van der Waals surface area contributed by atoms with Gasteiger partial charge in [-0.05, 0) is 53.5 Å². The van der Waals surface area contributed by atoms with Crippen molar-refractivity contribution in [3.63, 3.8) is 0 Å². The summed E-state index contributed by atoms with van der Waals surface area (Å²) in [6, 6.07) is 9.07. The van der Waals surface area contributed by atoms with Crippen LogP contribution in [0.2, 0.25) is 0 Å². The number of amides is 1. The van der Waals surface area contributed by atoms with Crippen LogP contribution in [-0.4, -0.2) is 64.2 Å². The zero-order valence-corrected chi connectivity index (χ0v) is 18.7. The number of β-amino-alcohol motifs (C(OH)–C–C–N with tert-alkyl or cyclic N) is 1. The summed E-state index contributed by atoms with van der Waals surface area (Å²) in [5.74, 6) is 0. The van der Waals surface area contributed by atoms with Gasteiger partial charge in [0.2, 0.25) is 0 Å². The molecule has 0 radical (unpaired) electrons.